The average molecular weight is 287 g/mol. The predicted octanol–water partition coefficient (Wildman–Crippen LogP) is 0.825. The van der Waals surface area contributed by atoms with Crippen LogP contribution in [0.25, 0.3) is 0 Å². The van der Waals surface area contributed by atoms with Gasteiger partial charge in [0.1, 0.15) is 6.04 Å². The van der Waals surface area contributed by atoms with Crippen LogP contribution < -0.4 is 15.5 Å². The Morgan fingerprint density at radius 3 is 2.52 bits per heavy atom. The second-order valence-corrected chi connectivity index (χ2v) is 5.62. The molecule has 21 heavy (non-hydrogen) atoms. The lowest BCUT2D eigenvalue weighted by molar-refractivity contribution is -0.119. The third-order valence-corrected chi connectivity index (χ3v) is 4.13. The smallest absolute Gasteiger partial charge is 0.325 e. The standard InChI is InChI=1S/C15H19N4O2/c1-17(2)10-5-7-11(8-6-10)19-13(14(16)20)12-4-3-9-18(12)15(19)21/h4-8,12-13H,3,9H2,1-2H3,(H2,16,20)/t12-,13?/m1/s1. The van der Waals surface area contributed by atoms with E-state index in [1.807, 2.05) is 49.7 Å². The van der Waals surface area contributed by atoms with Gasteiger partial charge < -0.3 is 15.5 Å². The SMILES string of the molecule is CN(C)c1ccc(N2C(=O)N3CC[CH][C@@H]3C2C(N)=O)cc1. The van der Waals surface area contributed by atoms with Gasteiger partial charge in [0, 0.05) is 32.0 Å². The molecule has 111 valence electrons. The van der Waals surface area contributed by atoms with Crippen molar-refractivity contribution in [3.05, 3.63) is 30.7 Å². The van der Waals surface area contributed by atoms with Crippen LogP contribution in [0, 0.1) is 6.42 Å². The zero-order chi connectivity index (χ0) is 15.1. The van der Waals surface area contributed by atoms with Crippen molar-refractivity contribution in [2.75, 3.05) is 30.4 Å². The number of carbonyl (C=O) groups excluding carboxylic acids is 2. The highest BCUT2D eigenvalue weighted by molar-refractivity contribution is 6.04. The highest BCUT2D eigenvalue weighted by atomic mass is 16.2. The van der Waals surface area contributed by atoms with Gasteiger partial charge in [-0.15, -0.1) is 0 Å². The number of fused-ring (bicyclic) bond motifs is 1. The van der Waals surface area contributed by atoms with E-state index in [0.717, 1.165) is 12.1 Å². The van der Waals surface area contributed by atoms with Gasteiger partial charge in [0.2, 0.25) is 5.91 Å². The third kappa shape index (κ3) is 2.11. The summed E-state index contributed by atoms with van der Waals surface area (Å²) < 4.78 is 0. The molecule has 3 rings (SSSR count). The van der Waals surface area contributed by atoms with Crippen LogP contribution >= 0.6 is 0 Å². The van der Waals surface area contributed by atoms with Crippen molar-refractivity contribution < 1.29 is 9.59 Å². The second-order valence-electron chi connectivity index (χ2n) is 5.62. The number of benzene rings is 1. The summed E-state index contributed by atoms with van der Waals surface area (Å²) >= 11 is 0. The molecule has 1 aromatic carbocycles. The summed E-state index contributed by atoms with van der Waals surface area (Å²) in [6.07, 6.45) is 2.81. The minimum absolute atomic E-state index is 0.143. The van der Waals surface area contributed by atoms with E-state index in [1.165, 1.54) is 4.90 Å². The van der Waals surface area contributed by atoms with Gasteiger partial charge in [-0.2, -0.15) is 0 Å². The van der Waals surface area contributed by atoms with Crippen LogP contribution in [0.5, 0.6) is 0 Å². The van der Waals surface area contributed by atoms with Crippen molar-refractivity contribution in [2.45, 2.75) is 18.5 Å². The topological polar surface area (TPSA) is 69.9 Å². The Kier molecular flexibility index (Phi) is 3.23. The molecule has 1 unspecified atom stereocenters. The molecule has 2 aliphatic heterocycles. The first-order valence-corrected chi connectivity index (χ1v) is 7.00. The molecule has 0 spiro atoms. The molecule has 0 saturated carbocycles. The molecule has 2 fully saturated rings. The maximum absolute atomic E-state index is 12.5. The fraction of sp³-hybridized carbons (Fsp3) is 0.400. The minimum atomic E-state index is -0.620. The number of primary amides is 1. The lowest BCUT2D eigenvalue weighted by Gasteiger charge is -2.24. The zero-order valence-corrected chi connectivity index (χ0v) is 12.2. The fourth-order valence-corrected chi connectivity index (χ4v) is 3.07. The van der Waals surface area contributed by atoms with Crippen LogP contribution in [0.15, 0.2) is 24.3 Å². The number of rotatable bonds is 3. The third-order valence-electron chi connectivity index (χ3n) is 4.13. The summed E-state index contributed by atoms with van der Waals surface area (Å²) in [4.78, 5) is 29.6. The molecule has 3 amide bonds. The fourth-order valence-electron chi connectivity index (χ4n) is 3.07. The average Bonchev–Trinajstić information content (AvgIpc) is 3.01. The monoisotopic (exact) mass is 287 g/mol. The van der Waals surface area contributed by atoms with Gasteiger partial charge in [-0.3, -0.25) is 9.69 Å². The van der Waals surface area contributed by atoms with Gasteiger partial charge in [0.05, 0.1) is 6.04 Å². The maximum Gasteiger partial charge on any atom is 0.325 e. The number of urea groups is 1. The molecule has 1 radical (unpaired) electrons. The van der Waals surface area contributed by atoms with Crippen LogP contribution in [0.4, 0.5) is 16.2 Å². The summed E-state index contributed by atoms with van der Waals surface area (Å²) in [6, 6.07) is 6.59. The Balaban J connectivity index is 1.95. The van der Waals surface area contributed by atoms with Crippen LogP contribution in [-0.4, -0.2) is 49.6 Å². The van der Waals surface area contributed by atoms with Gasteiger partial charge in [-0.1, -0.05) is 0 Å². The Labute approximate surface area is 124 Å². The first kappa shape index (κ1) is 13.7. The Morgan fingerprint density at radius 1 is 1.29 bits per heavy atom. The summed E-state index contributed by atoms with van der Waals surface area (Å²) in [5.41, 5.74) is 7.28. The first-order valence-electron chi connectivity index (χ1n) is 7.00. The van der Waals surface area contributed by atoms with E-state index in [2.05, 4.69) is 0 Å². The van der Waals surface area contributed by atoms with E-state index in [9.17, 15) is 9.59 Å². The van der Waals surface area contributed by atoms with E-state index in [-0.39, 0.29) is 12.1 Å². The first-order chi connectivity index (χ1) is 10.0. The number of hydrogen-bond donors (Lipinski definition) is 1. The van der Waals surface area contributed by atoms with E-state index < -0.39 is 11.9 Å². The lowest BCUT2D eigenvalue weighted by Crippen LogP contribution is -2.46. The van der Waals surface area contributed by atoms with Crippen LogP contribution in [0.2, 0.25) is 0 Å². The van der Waals surface area contributed by atoms with Gasteiger partial charge >= 0.3 is 6.03 Å². The van der Waals surface area contributed by atoms with E-state index in [1.54, 1.807) is 4.90 Å². The molecule has 6 heteroatoms. The number of hydrogen-bond acceptors (Lipinski definition) is 3. The number of anilines is 2. The highest BCUT2D eigenvalue weighted by Crippen LogP contribution is 2.35. The summed E-state index contributed by atoms with van der Waals surface area (Å²) in [5.74, 6) is -0.467. The van der Waals surface area contributed by atoms with Crippen molar-refractivity contribution in [3.8, 4) is 0 Å². The lowest BCUT2D eigenvalue weighted by atomic mass is 10.1. The number of carbonyl (C=O) groups is 2. The second kappa shape index (κ2) is 4.95. The number of nitrogens with two attached hydrogens (primary N) is 1. The molecule has 2 N–H and O–H groups in total. The molecule has 0 bridgehead atoms. The van der Waals surface area contributed by atoms with Crippen LogP contribution in [0.1, 0.15) is 6.42 Å². The van der Waals surface area contributed by atoms with Crippen LogP contribution in [0.3, 0.4) is 0 Å². The molecule has 2 atom stereocenters. The molecule has 2 saturated heterocycles. The van der Waals surface area contributed by atoms with Gasteiger partial charge in [0.25, 0.3) is 0 Å². The Morgan fingerprint density at radius 2 is 1.95 bits per heavy atom. The largest absolute Gasteiger partial charge is 0.378 e. The van der Waals surface area contributed by atoms with Gasteiger partial charge in [-0.05, 0) is 37.1 Å². The molecule has 1 aromatic rings. The molecular weight excluding hydrogens is 268 g/mol. The van der Waals surface area contributed by atoms with Crippen molar-refractivity contribution in [2.24, 2.45) is 5.73 Å². The maximum atomic E-state index is 12.5. The molecule has 2 aliphatic rings. The highest BCUT2D eigenvalue weighted by Gasteiger charge is 2.51. The minimum Gasteiger partial charge on any atom is -0.378 e. The van der Waals surface area contributed by atoms with Gasteiger partial charge in [-0.25, -0.2) is 4.79 Å². The summed E-state index contributed by atoms with van der Waals surface area (Å²) in [5, 5.41) is 0. The molecule has 2 heterocycles. The van der Waals surface area contributed by atoms with Crippen LogP contribution in [-0.2, 0) is 4.79 Å². The quantitative estimate of drug-likeness (QED) is 0.895. The molecule has 0 aliphatic carbocycles. The number of amides is 3. The van der Waals surface area contributed by atoms with E-state index in [4.69, 9.17) is 5.73 Å². The Bertz CT molecular complexity index is 570. The van der Waals surface area contributed by atoms with Crippen molar-refractivity contribution in [1.29, 1.82) is 0 Å². The molecule has 0 aromatic heterocycles. The van der Waals surface area contributed by atoms with Gasteiger partial charge in [0.15, 0.2) is 0 Å². The number of nitrogens with zero attached hydrogens (tertiary/aromatic N) is 3. The summed E-state index contributed by atoms with van der Waals surface area (Å²) in [7, 11) is 3.90. The molecular formula is C15H19N4O2. The van der Waals surface area contributed by atoms with Crippen molar-refractivity contribution >= 4 is 23.3 Å². The van der Waals surface area contributed by atoms with Crippen molar-refractivity contribution in [3.63, 3.8) is 0 Å². The zero-order valence-electron chi connectivity index (χ0n) is 12.2. The normalized spacial score (nSPS) is 24.4. The van der Waals surface area contributed by atoms with E-state index in [0.29, 0.717) is 12.2 Å². The molecule has 6 nitrogen and oxygen atoms in total. The van der Waals surface area contributed by atoms with E-state index >= 15 is 0 Å². The Hall–Kier alpha value is -2.24. The predicted molar refractivity (Wildman–Crippen MR) is 81.0 cm³/mol. The summed E-state index contributed by atoms with van der Waals surface area (Å²) in [6.45, 7) is 0.652. The van der Waals surface area contributed by atoms with Crippen molar-refractivity contribution in [1.82, 2.24) is 4.90 Å².